The van der Waals surface area contributed by atoms with E-state index in [2.05, 4.69) is 4.74 Å². The summed E-state index contributed by atoms with van der Waals surface area (Å²) in [5, 5.41) is 0. The molecule has 0 bridgehead atoms. The van der Waals surface area contributed by atoms with Crippen LogP contribution < -0.4 is 10.6 Å². The van der Waals surface area contributed by atoms with E-state index in [1.54, 1.807) is 11.0 Å². The Morgan fingerprint density at radius 3 is 3.07 bits per heavy atom. The number of carbonyl (C=O) groups excluding carboxylic acids is 1. The highest BCUT2D eigenvalue weighted by Crippen LogP contribution is 2.30. The number of carbonyl (C=O) groups is 1. The van der Waals surface area contributed by atoms with Crippen LogP contribution in [0.3, 0.4) is 0 Å². The van der Waals surface area contributed by atoms with E-state index in [1.165, 1.54) is 7.11 Å². The van der Waals surface area contributed by atoms with Gasteiger partial charge in [-0.05, 0) is 24.1 Å². The Labute approximate surface area is 82.3 Å². The van der Waals surface area contributed by atoms with E-state index in [0.717, 1.165) is 17.7 Å². The van der Waals surface area contributed by atoms with Crippen molar-refractivity contribution in [3.63, 3.8) is 0 Å². The fourth-order valence-corrected chi connectivity index (χ4v) is 1.70. The third-order valence-electron chi connectivity index (χ3n) is 2.40. The second kappa shape index (κ2) is 3.21. The number of rotatable bonds is 0. The van der Waals surface area contributed by atoms with Gasteiger partial charge in [-0.25, -0.2) is 4.79 Å². The van der Waals surface area contributed by atoms with Crippen LogP contribution in [0.1, 0.15) is 5.56 Å². The number of ether oxygens (including phenoxy) is 1. The highest BCUT2D eigenvalue weighted by molar-refractivity contribution is 5.91. The number of nitrogens with two attached hydrogens (primary N) is 1. The Morgan fingerprint density at radius 1 is 1.57 bits per heavy atom. The zero-order valence-corrected chi connectivity index (χ0v) is 7.99. The van der Waals surface area contributed by atoms with Crippen LogP contribution in [-0.4, -0.2) is 19.7 Å². The SMILES string of the molecule is COC(=O)N1CCc2ccc(N)cc21. The maximum Gasteiger partial charge on any atom is 0.414 e. The summed E-state index contributed by atoms with van der Waals surface area (Å²) >= 11 is 0. The quantitative estimate of drug-likeness (QED) is 0.632. The summed E-state index contributed by atoms with van der Waals surface area (Å²) < 4.78 is 4.68. The lowest BCUT2D eigenvalue weighted by molar-refractivity contribution is 0.179. The number of anilines is 2. The monoisotopic (exact) mass is 192 g/mol. The third-order valence-corrected chi connectivity index (χ3v) is 2.40. The predicted molar refractivity (Wildman–Crippen MR) is 54.3 cm³/mol. The van der Waals surface area contributed by atoms with Gasteiger partial charge in [-0.1, -0.05) is 6.07 Å². The summed E-state index contributed by atoms with van der Waals surface area (Å²) in [7, 11) is 1.38. The number of hydrogen-bond donors (Lipinski definition) is 1. The van der Waals surface area contributed by atoms with Crippen molar-refractivity contribution >= 4 is 17.5 Å². The van der Waals surface area contributed by atoms with E-state index in [9.17, 15) is 4.79 Å². The van der Waals surface area contributed by atoms with Crippen molar-refractivity contribution in [2.24, 2.45) is 0 Å². The Hall–Kier alpha value is -1.71. The molecule has 0 atom stereocenters. The minimum absolute atomic E-state index is 0.325. The van der Waals surface area contributed by atoms with Crippen LogP contribution in [0.2, 0.25) is 0 Å². The molecular weight excluding hydrogens is 180 g/mol. The number of fused-ring (bicyclic) bond motifs is 1. The highest BCUT2D eigenvalue weighted by atomic mass is 16.5. The molecule has 0 saturated carbocycles. The van der Waals surface area contributed by atoms with Crippen molar-refractivity contribution in [2.45, 2.75) is 6.42 Å². The van der Waals surface area contributed by atoms with Crippen LogP contribution in [0.5, 0.6) is 0 Å². The van der Waals surface area contributed by atoms with Crippen molar-refractivity contribution < 1.29 is 9.53 Å². The molecular formula is C10H12N2O2. The van der Waals surface area contributed by atoms with Gasteiger partial charge in [0.25, 0.3) is 0 Å². The Kier molecular flexibility index (Phi) is 2.04. The lowest BCUT2D eigenvalue weighted by atomic mass is 10.1. The topological polar surface area (TPSA) is 55.6 Å². The lowest BCUT2D eigenvalue weighted by Gasteiger charge is -2.15. The van der Waals surface area contributed by atoms with Crippen molar-refractivity contribution in [2.75, 3.05) is 24.3 Å². The van der Waals surface area contributed by atoms with Gasteiger partial charge < -0.3 is 10.5 Å². The molecule has 4 heteroatoms. The van der Waals surface area contributed by atoms with Gasteiger partial charge in [0.2, 0.25) is 0 Å². The average molecular weight is 192 g/mol. The lowest BCUT2D eigenvalue weighted by Crippen LogP contribution is -2.28. The molecule has 14 heavy (non-hydrogen) atoms. The van der Waals surface area contributed by atoms with Crippen LogP contribution in [-0.2, 0) is 11.2 Å². The van der Waals surface area contributed by atoms with Gasteiger partial charge in [0.05, 0.1) is 12.8 Å². The first-order chi connectivity index (χ1) is 6.72. The van der Waals surface area contributed by atoms with Crippen LogP contribution in [0, 0.1) is 0 Å². The molecule has 0 fully saturated rings. The van der Waals surface area contributed by atoms with Crippen molar-refractivity contribution in [3.8, 4) is 0 Å². The maximum absolute atomic E-state index is 11.4. The zero-order valence-electron chi connectivity index (χ0n) is 7.99. The van der Waals surface area contributed by atoms with Gasteiger partial charge in [-0.3, -0.25) is 4.90 Å². The maximum atomic E-state index is 11.4. The van der Waals surface area contributed by atoms with Crippen molar-refractivity contribution in [3.05, 3.63) is 23.8 Å². The molecule has 0 aromatic heterocycles. The second-order valence-electron chi connectivity index (χ2n) is 3.26. The molecule has 1 aliphatic rings. The van der Waals surface area contributed by atoms with Crippen LogP contribution >= 0.6 is 0 Å². The smallest absolute Gasteiger partial charge is 0.414 e. The molecule has 0 radical (unpaired) electrons. The van der Waals surface area contributed by atoms with Gasteiger partial charge in [-0.2, -0.15) is 0 Å². The standard InChI is InChI=1S/C10H12N2O2/c1-14-10(13)12-5-4-7-2-3-8(11)6-9(7)12/h2-3,6H,4-5,11H2,1H3. The van der Waals surface area contributed by atoms with Crippen LogP contribution in [0.4, 0.5) is 16.2 Å². The summed E-state index contributed by atoms with van der Waals surface area (Å²) in [5.74, 6) is 0. The summed E-state index contributed by atoms with van der Waals surface area (Å²) in [4.78, 5) is 13.0. The summed E-state index contributed by atoms with van der Waals surface area (Å²) in [5.41, 5.74) is 8.34. The van der Waals surface area contributed by atoms with Gasteiger partial charge in [-0.15, -0.1) is 0 Å². The van der Waals surface area contributed by atoms with E-state index in [4.69, 9.17) is 5.73 Å². The molecule has 1 amide bonds. The molecule has 1 heterocycles. The van der Waals surface area contributed by atoms with E-state index in [0.29, 0.717) is 12.2 Å². The molecule has 0 saturated heterocycles. The number of methoxy groups -OCH3 is 1. The Bertz CT molecular complexity index is 376. The summed E-state index contributed by atoms with van der Waals surface area (Å²) in [6.07, 6.45) is 0.541. The molecule has 74 valence electrons. The zero-order chi connectivity index (χ0) is 10.1. The van der Waals surface area contributed by atoms with E-state index >= 15 is 0 Å². The van der Waals surface area contributed by atoms with Crippen LogP contribution in [0.25, 0.3) is 0 Å². The predicted octanol–water partition coefficient (Wildman–Crippen LogP) is 1.40. The molecule has 0 unspecified atom stereocenters. The van der Waals surface area contributed by atoms with Crippen LogP contribution in [0.15, 0.2) is 18.2 Å². The summed E-state index contributed by atoms with van der Waals surface area (Å²) in [6.45, 7) is 0.672. The largest absolute Gasteiger partial charge is 0.452 e. The second-order valence-corrected chi connectivity index (χ2v) is 3.26. The Morgan fingerprint density at radius 2 is 2.36 bits per heavy atom. The minimum Gasteiger partial charge on any atom is -0.452 e. The van der Waals surface area contributed by atoms with E-state index in [-0.39, 0.29) is 6.09 Å². The summed E-state index contributed by atoms with van der Waals surface area (Å²) in [6, 6.07) is 5.60. The number of benzene rings is 1. The molecule has 1 aromatic carbocycles. The van der Waals surface area contributed by atoms with Gasteiger partial charge >= 0.3 is 6.09 Å². The van der Waals surface area contributed by atoms with Crippen molar-refractivity contribution in [1.82, 2.24) is 0 Å². The fourth-order valence-electron chi connectivity index (χ4n) is 1.70. The molecule has 1 aromatic rings. The molecule has 4 nitrogen and oxygen atoms in total. The average Bonchev–Trinajstić information content (AvgIpc) is 2.59. The van der Waals surface area contributed by atoms with Crippen molar-refractivity contribution in [1.29, 1.82) is 0 Å². The van der Waals surface area contributed by atoms with Gasteiger partial charge in [0, 0.05) is 12.2 Å². The van der Waals surface area contributed by atoms with Gasteiger partial charge in [0.1, 0.15) is 0 Å². The molecule has 2 rings (SSSR count). The first kappa shape index (κ1) is 8.87. The van der Waals surface area contributed by atoms with Gasteiger partial charge in [0.15, 0.2) is 0 Å². The fraction of sp³-hybridized carbons (Fsp3) is 0.300. The number of nitrogen functional groups attached to an aromatic ring is 1. The minimum atomic E-state index is -0.325. The number of nitrogens with zero attached hydrogens (tertiary/aromatic N) is 1. The van der Waals surface area contributed by atoms with E-state index < -0.39 is 0 Å². The van der Waals surface area contributed by atoms with E-state index in [1.807, 2.05) is 12.1 Å². The molecule has 1 aliphatic heterocycles. The number of amides is 1. The molecule has 2 N–H and O–H groups in total. The first-order valence-corrected chi connectivity index (χ1v) is 4.46. The first-order valence-electron chi connectivity index (χ1n) is 4.46. The third kappa shape index (κ3) is 1.28. The Balaban J connectivity index is 2.38. The molecule has 0 aliphatic carbocycles. The molecule has 0 spiro atoms. The normalized spacial score (nSPS) is 13.9. The number of hydrogen-bond acceptors (Lipinski definition) is 3. The highest BCUT2D eigenvalue weighted by Gasteiger charge is 2.24.